The summed E-state index contributed by atoms with van der Waals surface area (Å²) in [6.45, 7) is 0. The Labute approximate surface area is 163 Å². The Kier molecular flexibility index (Phi) is 4.22. The summed E-state index contributed by atoms with van der Waals surface area (Å²) in [5.74, 6) is 0.813. The number of hydrogen-bond acceptors (Lipinski definition) is 2. The van der Waals surface area contributed by atoms with Crippen LogP contribution in [0, 0.1) is 0 Å². The standard InChI is InChI=1S/C21H16Br2O2/c1-25-16-6-2-13(3-7-16)12-21(24)19-10-14(22)4-8-17(19)18-9-5-15(23)11-20(18)21/h2-11,24H,12H2,1H3. The van der Waals surface area contributed by atoms with E-state index in [4.69, 9.17) is 4.74 Å². The molecular weight excluding hydrogens is 444 g/mol. The van der Waals surface area contributed by atoms with Crippen molar-refractivity contribution in [3.63, 3.8) is 0 Å². The van der Waals surface area contributed by atoms with Crippen LogP contribution in [0.2, 0.25) is 0 Å². The van der Waals surface area contributed by atoms with Crippen LogP contribution < -0.4 is 4.74 Å². The van der Waals surface area contributed by atoms with Crippen LogP contribution >= 0.6 is 31.9 Å². The minimum Gasteiger partial charge on any atom is -0.497 e. The normalized spacial score (nSPS) is 14.1. The minimum atomic E-state index is -1.06. The summed E-state index contributed by atoms with van der Waals surface area (Å²) in [4.78, 5) is 0. The van der Waals surface area contributed by atoms with Crippen molar-refractivity contribution in [1.29, 1.82) is 0 Å². The van der Waals surface area contributed by atoms with Gasteiger partial charge in [0.2, 0.25) is 0 Å². The number of halogens is 2. The van der Waals surface area contributed by atoms with Gasteiger partial charge in [-0.15, -0.1) is 0 Å². The average Bonchev–Trinajstić information content (AvgIpc) is 2.84. The Balaban J connectivity index is 1.86. The molecule has 0 fully saturated rings. The van der Waals surface area contributed by atoms with E-state index in [9.17, 15) is 5.11 Å². The highest BCUT2D eigenvalue weighted by molar-refractivity contribution is 9.10. The van der Waals surface area contributed by atoms with Crippen LogP contribution in [0.15, 0.2) is 69.6 Å². The molecule has 0 atom stereocenters. The van der Waals surface area contributed by atoms with Gasteiger partial charge in [0.25, 0.3) is 0 Å². The molecule has 0 radical (unpaired) electrons. The van der Waals surface area contributed by atoms with Gasteiger partial charge in [0.05, 0.1) is 7.11 Å². The Hall–Kier alpha value is -1.62. The number of rotatable bonds is 3. The monoisotopic (exact) mass is 458 g/mol. The van der Waals surface area contributed by atoms with Gasteiger partial charge in [0.1, 0.15) is 11.4 Å². The van der Waals surface area contributed by atoms with E-state index in [0.29, 0.717) is 6.42 Å². The van der Waals surface area contributed by atoms with Gasteiger partial charge in [-0.05, 0) is 64.2 Å². The molecule has 0 saturated heterocycles. The van der Waals surface area contributed by atoms with E-state index in [-0.39, 0.29) is 0 Å². The van der Waals surface area contributed by atoms with Crippen molar-refractivity contribution >= 4 is 31.9 Å². The van der Waals surface area contributed by atoms with Crippen LogP contribution in [0.1, 0.15) is 16.7 Å². The molecule has 4 rings (SSSR count). The third-order valence-electron chi connectivity index (χ3n) is 4.76. The lowest BCUT2D eigenvalue weighted by Crippen LogP contribution is -2.27. The van der Waals surface area contributed by atoms with Crippen molar-refractivity contribution in [2.24, 2.45) is 0 Å². The van der Waals surface area contributed by atoms with Crippen LogP contribution in [0.3, 0.4) is 0 Å². The van der Waals surface area contributed by atoms with Crippen LogP contribution in [0.25, 0.3) is 11.1 Å². The van der Waals surface area contributed by atoms with Crippen LogP contribution in [0.5, 0.6) is 5.75 Å². The van der Waals surface area contributed by atoms with Gasteiger partial charge < -0.3 is 9.84 Å². The topological polar surface area (TPSA) is 29.5 Å². The number of methoxy groups -OCH3 is 1. The Bertz CT molecular complexity index is 897. The lowest BCUT2D eigenvalue weighted by atomic mass is 9.85. The Morgan fingerprint density at radius 3 is 1.84 bits per heavy atom. The van der Waals surface area contributed by atoms with E-state index in [1.165, 1.54) is 0 Å². The third-order valence-corrected chi connectivity index (χ3v) is 5.75. The van der Waals surface area contributed by atoms with Crippen molar-refractivity contribution in [3.05, 3.63) is 86.3 Å². The van der Waals surface area contributed by atoms with Gasteiger partial charge in [0.15, 0.2) is 0 Å². The molecule has 3 aromatic carbocycles. The highest BCUT2D eigenvalue weighted by Crippen LogP contribution is 2.50. The van der Waals surface area contributed by atoms with E-state index in [2.05, 4.69) is 44.0 Å². The first kappa shape index (κ1) is 16.8. The SMILES string of the molecule is COc1ccc(CC2(O)c3cc(Br)ccc3-c3ccc(Br)cc32)cc1. The quantitative estimate of drug-likeness (QED) is 0.546. The lowest BCUT2D eigenvalue weighted by molar-refractivity contribution is 0.0859. The van der Waals surface area contributed by atoms with Gasteiger partial charge in [-0.2, -0.15) is 0 Å². The van der Waals surface area contributed by atoms with Crippen molar-refractivity contribution in [2.45, 2.75) is 12.0 Å². The molecule has 0 aliphatic heterocycles. The molecule has 0 saturated carbocycles. The lowest BCUT2D eigenvalue weighted by Gasteiger charge is -2.26. The molecule has 126 valence electrons. The highest BCUT2D eigenvalue weighted by atomic mass is 79.9. The first-order valence-corrected chi connectivity index (χ1v) is 9.55. The molecule has 0 bridgehead atoms. The molecule has 0 spiro atoms. The van der Waals surface area contributed by atoms with Crippen LogP contribution in [-0.4, -0.2) is 12.2 Å². The average molecular weight is 460 g/mol. The summed E-state index contributed by atoms with van der Waals surface area (Å²) >= 11 is 7.09. The van der Waals surface area contributed by atoms with Crippen molar-refractivity contribution in [1.82, 2.24) is 0 Å². The number of benzene rings is 3. The van der Waals surface area contributed by atoms with E-state index in [0.717, 1.165) is 42.5 Å². The Morgan fingerprint density at radius 2 is 1.36 bits per heavy atom. The van der Waals surface area contributed by atoms with Gasteiger partial charge >= 0.3 is 0 Å². The maximum absolute atomic E-state index is 11.8. The fourth-order valence-corrected chi connectivity index (χ4v) is 4.28. The number of fused-ring (bicyclic) bond motifs is 3. The van der Waals surface area contributed by atoms with Crippen molar-refractivity contribution < 1.29 is 9.84 Å². The first-order chi connectivity index (χ1) is 12.0. The molecule has 0 aromatic heterocycles. The molecule has 0 heterocycles. The number of ether oxygens (including phenoxy) is 1. The first-order valence-electron chi connectivity index (χ1n) is 7.97. The van der Waals surface area contributed by atoms with Gasteiger partial charge in [-0.1, -0.05) is 56.1 Å². The van der Waals surface area contributed by atoms with E-state index < -0.39 is 5.60 Å². The summed E-state index contributed by atoms with van der Waals surface area (Å²) < 4.78 is 7.16. The Morgan fingerprint density at radius 1 is 0.840 bits per heavy atom. The van der Waals surface area contributed by atoms with Crippen molar-refractivity contribution in [3.8, 4) is 16.9 Å². The predicted molar refractivity (Wildman–Crippen MR) is 107 cm³/mol. The summed E-state index contributed by atoms with van der Waals surface area (Å²) in [6.07, 6.45) is 0.504. The molecule has 1 aliphatic rings. The maximum atomic E-state index is 11.8. The summed E-state index contributed by atoms with van der Waals surface area (Å²) in [7, 11) is 1.65. The van der Waals surface area contributed by atoms with Crippen LogP contribution in [0.4, 0.5) is 0 Å². The zero-order chi connectivity index (χ0) is 17.6. The van der Waals surface area contributed by atoms with E-state index in [1.54, 1.807) is 7.11 Å². The molecule has 1 N–H and O–H groups in total. The fourth-order valence-electron chi connectivity index (χ4n) is 3.56. The second-order valence-corrected chi connectivity index (χ2v) is 8.10. The summed E-state index contributed by atoms with van der Waals surface area (Å²) in [5, 5.41) is 11.8. The van der Waals surface area contributed by atoms with Crippen LogP contribution in [-0.2, 0) is 12.0 Å². The van der Waals surface area contributed by atoms with E-state index in [1.807, 2.05) is 48.5 Å². The molecule has 0 unspecified atom stereocenters. The highest BCUT2D eigenvalue weighted by Gasteiger charge is 2.41. The zero-order valence-electron chi connectivity index (χ0n) is 13.6. The fraction of sp³-hybridized carbons (Fsp3) is 0.143. The third kappa shape index (κ3) is 2.82. The van der Waals surface area contributed by atoms with E-state index >= 15 is 0 Å². The van der Waals surface area contributed by atoms with Gasteiger partial charge in [0, 0.05) is 15.4 Å². The van der Waals surface area contributed by atoms with Gasteiger partial charge in [-0.25, -0.2) is 0 Å². The second-order valence-electron chi connectivity index (χ2n) is 6.26. The molecular formula is C21H16Br2O2. The number of hydrogen-bond donors (Lipinski definition) is 1. The molecule has 25 heavy (non-hydrogen) atoms. The minimum absolute atomic E-state index is 0.504. The largest absolute Gasteiger partial charge is 0.497 e. The zero-order valence-corrected chi connectivity index (χ0v) is 16.8. The molecule has 4 heteroatoms. The summed E-state index contributed by atoms with van der Waals surface area (Å²) in [6, 6.07) is 20.1. The predicted octanol–water partition coefficient (Wildman–Crippen LogP) is 5.68. The second kappa shape index (κ2) is 6.27. The smallest absolute Gasteiger partial charge is 0.120 e. The van der Waals surface area contributed by atoms with Crippen molar-refractivity contribution in [2.75, 3.05) is 7.11 Å². The molecule has 3 aromatic rings. The van der Waals surface area contributed by atoms with Gasteiger partial charge in [-0.3, -0.25) is 0 Å². The molecule has 1 aliphatic carbocycles. The number of aliphatic hydroxyl groups is 1. The maximum Gasteiger partial charge on any atom is 0.120 e. The molecule has 0 amide bonds. The summed E-state index contributed by atoms with van der Waals surface area (Å²) in [5.41, 5.74) is 4.04. The molecule has 2 nitrogen and oxygen atoms in total.